The fraction of sp³-hybridized carbons (Fsp3) is 0.455. The first kappa shape index (κ1) is 38.6. The van der Waals surface area contributed by atoms with Crippen molar-refractivity contribution in [1.29, 1.82) is 0 Å². The number of phenolic OH excluding ortho intramolecular Hbond substituents is 1. The Morgan fingerprint density at radius 1 is 1.11 bits per heavy atom. The number of terminal acetylenes is 1. The molecule has 1 saturated heterocycles. The molecule has 4 aliphatic rings. The number of likely N-dealkylation sites (tertiary alicyclic amines) is 1. The summed E-state index contributed by atoms with van der Waals surface area (Å²) in [5.74, 6) is 0.155. The molecule has 1 atom stereocenters. The third kappa shape index (κ3) is 7.06. The molecule has 298 valence electrons. The van der Waals surface area contributed by atoms with E-state index in [0.29, 0.717) is 43.3 Å². The highest BCUT2D eigenvalue weighted by molar-refractivity contribution is 6.04. The highest BCUT2D eigenvalue weighted by atomic mass is 19.1. The molecule has 3 fully saturated rings. The van der Waals surface area contributed by atoms with E-state index in [-0.39, 0.29) is 94.5 Å². The monoisotopic (exact) mass is 783 g/mol. The number of aromatic nitrogens is 3. The van der Waals surface area contributed by atoms with Crippen molar-refractivity contribution in [3.63, 3.8) is 0 Å². The smallest absolute Gasteiger partial charge is 0.319 e. The van der Waals surface area contributed by atoms with Gasteiger partial charge in [-0.1, -0.05) is 37.1 Å². The summed E-state index contributed by atoms with van der Waals surface area (Å²) >= 11 is 0. The second-order valence-electron chi connectivity index (χ2n) is 16.2. The van der Waals surface area contributed by atoms with Crippen LogP contribution < -0.4 is 14.4 Å². The van der Waals surface area contributed by atoms with Crippen molar-refractivity contribution >= 4 is 33.3 Å². The predicted molar refractivity (Wildman–Crippen MR) is 210 cm³/mol. The van der Waals surface area contributed by atoms with Gasteiger partial charge in [-0.2, -0.15) is 9.97 Å². The molecule has 2 aliphatic heterocycles. The molecule has 1 unspecified atom stereocenters. The molecule has 1 N–H and O–H groups in total. The molecule has 57 heavy (non-hydrogen) atoms. The molecule has 2 saturated carbocycles. The van der Waals surface area contributed by atoms with Crippen molar-refractivity contribution in [2.24, 2.45) is 10.8 Å². The largest absolute Gasteiger partial charge is 0.508 e. The third-order valence-corrected chi connectivity index (χ3v) is 12.0. The normalized spacial score (nSPS) is 22.4. The Bertz CT molecular complexity index is 2380. The Morgan fingerprint density at radius 2 is 1.86 bits per heavy atom. The van der Waals surface area contributed by atoms with Crippen LogP contribution in [0.5, 0.6) is 17.6 Å². The maximum atomic E-state index is 17.4. The van der Waals surface area contributed by atoms with Gasteiger partial charge in [-0.05, 0) is 81.0 Å². The van der Waals surface area contributed by atoms with Crippen LogP contribution in [0.25, 0.3) is 32.9 Å². The Hall–Kier alpha value is -5.22. The number of ether oxygens (including phenoxy) is 2. The fourth-order valence-electron chi connectivity index (χ4n) is 8.42. The molecule has 13 heteroatoms. The maximum Gasteiger partial charge on any atom is 0.319 e. The number of aromatic hydroxyl groups is 1. The number of hydrogen-bond donors (Lipinski definition) is 1. The lowest BCUT2D eigenvalue weighted by Crippen LogP contribution is -2.40. The van der Waals surface area contributed by atoms with Crippen molar-refractivity contribution < 1.29 is 36.9 Å². The zero-order valence-corrected chi connectivity index (χ0v) is 32.3. The summed E-state index contributed by atoms with van der Waals surface area (Å²) in [6, 6.07) is 5.16. The van der Waals surface area contributed by atoms with E-state index in [4.69, 9.17) is 20.9 Å². The van der Waals surface area contributed by atoms with E-state index in [9.17, 15) is 14.3 Å². The van der Waals surface area contributed by atoms with Crippen molar-refractivity contribution in [1.82, 2.24) is 19.9 Å². The number of rotatable bonds is 11. The van der Waals surface area contributed by atoms with Gasteiger partial charge in [-0.25, -0.2) is 22.5 Å². The molecule has 4 heterocycles. The number of hydrogen-bond acceptors (Lipinski definition) is 9. The van der Waals surface area contributed by atoms with Gasteiger partial charge in [0.05, 0.1) is 24.7 Å². The van der Waals surface area contributed by atoms with Gasteiger partial charge in [-0.15, -0.1) is 6.42 Å². The molecule has 0 radical (unpaired) electrons. The number of allylic oxidation sites excluding steroid dienone is 2. The summed E-state index contributed by atoms with van der Waals surface area (Å²) in [5.41, 5.74) is -3.27. The number of nitrogens with zero attached hydrogens (tertiary/aromatic N) is 5. The van der Waals surface area contributed by atoms with Gasteiger partial charge >= 0.3 is 6.01 Å². The maximum absolute atomic E-state index is 17.4. The number of anilines is 1. The van der Waals surface area contributed by atoms with Gasteiger partial charge in [-0.3, -0.25) is 4.79 Å². The quantitative estimate of drug-likeness (QED) is 0.0917. The average Bonchev–Trinajstić information content (AvgIpc) is 4.14. The number of ketones is 1. The minimum absolute atomic E-state index is 0.0205. The lowest BCUT2D eigenvalue weighted by Gasteiger charge is -2.32. The number of Topliss-reactive ketones (excluding diaryl/α,β-unsaturated/α-hetero) is 1. The number of phenols is 1. The second-order valence-corrected chi connectivity index (χ2v) is 16.2. The first-order chi connectivity index (χ1) is 27.3. The third-order valence-electron chi connectivity index (χ3n) is 12.0. The fourth-order valence-corrected chi connectivity index (χ4v) is 8.42. The number of pyridine rings is 1. The van der Waals surface area contributed by atoms with Gasteiger partial charge < -0.3 is 24.4 Å². The molecule has 0 amide bonds. The van der Waals surface area contributed by atoms with E-state index < -0.39 is 34.7 Å². The molecule has 0 spiro atoms. The number of alkyl halides is 2. The van der Waals surface area contributed by atoms with E-state index in [1.165, 1.54) is 31.4 Å². The highest BCUT2D eigenvalue weighted by Gasteiger charge is 2.57. The minimum Gasteiger partial charge on any atom is -0.508 e. The van der Waals surface area contributed by atoms with E-state index in [2.05, 4.69) is 20.8 Å². The molecule has 4 aromatic rings. The van der Waals surface area contributed by atoms with Crippen LogP contribution in [-0.2, 0) is 4.79 Å². The van der Waals surface area contributed by atoms with Crippen LogP contribution in [0.1, 0.15) is 64.4 Å². The second kappa shape index (κ2) is 14.6. The van der Waals surface area contributed by atoms with Crippen molar-refractivity contribution in [2.45, 2.75) is 70.6 Å². The van der Waals surface area contributed by atoms with Crippen LogP contribution in [0.15, 0.2) is 48.1 Å². The van der Waals surface area contributed by atoms with Gasteiger partial charge in [0.25, 0.3) is 0 Å². The molecule has 9 nitrogen and oxygen atoms in total. The van der Waals surface area contributed by atoms with Crippen LogP contribution in [0.3, 0.4) is 0 Å². The number of halogens is 4. The Balaban J connectivity index is 1.27. The summed E-state index contributed by atoms with van der Waals surface area (Å²) < 4.78 is 74.0. The lowest BCUT2D eigenvalue weighted by atomic mass is 9.75. The summed E-state index contributed by atoms with van der Waals surface area (Å²) in [6.45, 7) is 6.29. The highest BCUT2D eigenvalue weighted by Crippen LogP contribution is 2.50. The van der Waals surface area contributed by atoms with Crippen molar-refractivity contribution in [3.8, 4) is 41.2 Å². The van der Waals surface area contributed by atoms with E-state index in [0.717, 1.165) is 19.4 Å². The SMILES string of the molecule is C#Cc1c(F)ccc2cc(O)cc(-c3nc(OC)c4c(N5CC=CC(C)(C(=O)C6(F)CC6)/C(=C\CC)C5)nc(OCC5(CN6CCC(F)CC6)CC5)nc4c3F)c12. The number of fused-ring (bicyclic) bond motifs is 2. The van der Waals surface area contributed by atoms with Crippen LogP contribution >= 0.6 is 0 Å². The molecule has 8 rings (SSSR count). The van der Waals surface area contributed by atoms with E-state index >= 15 is 13.2 Å². The molecule has 0 bridgehead atoms. The Labute approximate surface area is 328 Å². The molecular formula is C44H45F4N5O4. The number of benzene rings is 2. The first-order valence-corrected chi connectivity index (χ1v) is 19.5. The zero-order valence-electron chi connectivity index (χ0n) is 32.3. The summed E-state index contributed by atoms with van der Waals surface area (Å²) in [4.78, 5) is 31.9. The van der Waals surface area contributed by atoms with Gasteiger partial charge in [0, 0.05) is 49.1 Å². The topological polar surface area (TPSA) is 101 Å². The Kier molecular flexibility index (Phi) is 9.91. The van der Waals surface area contributed by atoms with E-state index in [1.54, 1.807) is 19.1 Å². The lowest BCUT2D eigenvalue weighted by molar-refractivity contribution is -0.130. The molecule has 2 aromatic heterocycles. The summed E-state index contributed by atoms with van der Waals surface area (Å²) in [7, 11) is 1.37. The van der Waals surface area contributed by atoms with Crippen molar-refractivity contribution in [2.75, 3.05) is 51.3 Å². The number of carbonyl (C=O) groups is 1. The van der Waals surface area contributed by atoms with Crippen LogP contribution in [-0.4, -0.2) is 89.0 Å². The van der Waals surface area contributed by atoms with Gasteiger partial charge in [0.15, 0.2) is 17.3 Å². The molecule has 2 aromatic carbocycles. The molecule has 2 aliphatic carbocycles. The van der Waals surface area contributed by atoms with Crippen LogP contribution in [0.4, 0.5) is 23.4 Å². The van der Waals surface area contributed by atoms with E-state index in [1.807, 2.05) is 17.9 Å². The Morgan fingerprint density at radius 3 is 2.53 bits per heavy atom. The first-order valence-electron chi connectivity index (χ1n) is 19.5. The molecular weight excluding hydrogens is 739 g/mol. The standard InChI is InChI=1S/C44H45F4N5O4/c1-5-8-27-23-53(18-7-13-42(27,3)40(55)44(48)16-17-44)38-34-37(50-41(51-38)57-25-43(14-15-43)24-52-19-11-28(45)12-20-52)35(47)36(49-39(34)56-4)31-22-29(54)21-26-9-10-32(46)30(6-2)33(26)31/h2,7-10,13,21-22,28,54H,5,11-12,14-20,23-25H2,1,3-4H3/b27-8-. The number of methoxy groups -OCH3 is 1. The van der Waals surface area contributed by atoms with Crippen LogP contribution in [0, 0.1) is 34.8 Å². The van der Waals surface area contributed by atoms with Gasteiger partial charge in [0.2, 0.25) is 5.88 Å². The number of carbonyl (C=O) groups excluding carboxylic acids is 1. The zero-order chi connectivity index (χ0) is 40.3. The van der Waals surface area contributed by atoms with Crippen molar-refractivity contribution in [3.05, 3.63) is 65.3 Å². The summed E-state index contributed by atoms with van der Waals surface area (Å²) in [5, 5.41) is 11.4. The minimum atomic E-state index is -1.88. The average molecular weight is 784 g/mol. The predicted octanol–water partition coefficient (Wildman–Crippen LogP) is 8.20. The number of piperidine rings is 1. The summed E-state index contributed by atoms with van der Waals surface area (Å²) in [6.07, 6.45) is 14.1. The van der Waals surface area contributed by atoms with Gasteiger partial charge in [0.1, 0.15) is 40.2 Å². The van der Waals surface area contributed by atoms with Crippen LogP contribution in [0.2, 0.25) is 0 Å².